The molecule has 2 aromatic heterocycles. The van der Waals surface area contributed by atoms with Gasteiger partial charge in [-0.15, -0.1) is 0 Å². The number of carboxylic acids is 2. The molecule has 0 aliphatic heterocycles. The molecule has 0 spiro atoms. The van der Waals surface area contributed by atoms with E-state index >= 15 is 0 Å². The van der Waals surface area contributed by atoms with Crippen LogP contribution in [0.4, 0.5) is 11.6 Å². The number of anilines is 2. The van der Waals surface area contributed by atoms with E-state index in [2.05, 4.69) is 43.3 Å². The number of nitrogen functional groups attached to an aromatic ring is 1. The van der Waals surface area contributed by atoms with Crippen molar-refractivity contribution >= 4 is 53.3 Å². The number of carbonyl (C=O) groups excluding carboxylic acids is 1. The number of fused-ring (bicyclic) bond motifs is 1. The maximum Gasteiger partial charge on any atom is 0.326 e. The summed E-state index contributed by atoms with van der Waals surface area (Å²) in [6, 6.07) is 4.94. The second kappa shape index (κ2) is 11.9. The fourth-order valence-corrected chi connectivity index (χ4v) is 3.29. The fourth-order valence-electron chi connectivity index (χ4n) is 3.19. The zero-order valence-corrected chi connectivity index (χ0v) is 19.7. The van der Waals surface area contributed by atoms with Crippen molar-refractivity contribution in [3.8, 4) is 0 Å². The largest absolute Gasteiger partial charge is 0.481 e. The number of carboxylic acid groups (broad SMARTS) is 2. The van der Waals surface area contributed by atoms with E-state index in [1.54, 1.807) is 17.1 Å². The van der Waals surface area contributed by atoms with Crippen LogP contribution in [0, 0.1) is 0 Å². The number of aliphatic carboxylic acids is 2. The Balaban J connectivity index is 1.77. The normalized spacial score (nSPS) is 11.7. The van der Waals surface area contributed by atoms with Gasteiger partial charge in [-0.3, -0.25) is 19.4 Å². The van der Waals surface area contributed by atoms with Gasteiger partial charge in [0.15, 0.2) is 11.2 Å². The molecule has 0 fully saturated rings. The van der Waals surface area contributed by atoms with Gasteiger partial charge >= 0.3 is 11.9 Å². The van der Waals surface area contributed by atoms with Gasteiger partial charge in [-0.25, -0.2) is 20.2 Å². The Morgan fingerprint density at radius 3 is 2.53 bits per heavy atom. The van der Waals surface area contributed by atoms with Gasteiger partial charge in [-0.05, 0) is 30.7 Å². The first kappa shape index (κ1) is 26.4. The van der Waals surface area contributed by atoms with Gasteiger partial charge in [0.2, 0.25) is 5.95 Å². The van der Waals surface area contributed by atoms with Crippen molar-refractivity contribution < 1.29 is 24.6 Å². The summed E-state index contributed by atoms with van der Waals surface area (Å²) in [5.41, 5.74) is 9.63. The van der Waals surface area contributed by atoms with Gasteiger partial charge in [0.1, 0.15) is 6.04 Å². The van der Waals surface area contributed by atoms with Crippen LogP contribution < -0.4 is 27.0 Å². The maximum atomic E-state index is 12.5. The maximum absolute atomic E-state index is 12.5. The number of nitrogens with two attached hydrogens (primary N) is 1. The Hall–Kier alpha value is -4.24. The van der Waals surface area contributed by atoms with E-state index in [-0.39, 0.29) is 35.6 Å². The van der Waals surface area contributed by atoms with Crippen molar-refractivity contribution in [2.45, 2.75) is 25.4 Å². The molecule has 0 saturated carbocycles. The lowest BCUT2D eigenvalue weighted by atomic mass is 10.1. The molecule has 0 aliphatic carbocycles. The summed E-state index contributed by atoms with van der Waals surface area (Å²) in [7, 11) is 0. The Labute approximate surface area is 209 Å². The van der Waals surface area contributed by atoms with E-state index in [9.17, 15) is 24.3 Å². The summed E-state index contributed by atoms with van der Waals surface area (Å²) in [4.78, 5) is 61.5. The monoisotopic (exact) mass is 516 g/mol. The second-order valence-corrected chi connectivity index (χ2v) is 7.99. The summed E-state index contributed by atoms with van der Waals surface area (Å²) in [6.45, 7) is 0.692. The summed E-state index contributed by atoms with van der Waals surface area (Å²) in [5, 5.41) is 22.1. The molecule has 15 heteroatoms. The topological polar surface area (TPSA) is 217 Å². The lowest BCUT2D eigenvalue weighted by Gasteiger charge is -2.25. The molecule has 14 nitrogen and oxygen atoms in total. The Kier molecular flexibility index (Phi) is 8.75. The molecular formula is C21H24N8O6S. The van der Waals surface area contributed by atoms with Crippen molar-refractivity contribution in [3.05, 3.63) is 52.1 Å². The molecule has 3 rings (SSSR count). The average molecular weight is 517 g/mol. The van der Waals surface area contributed by atoms with E-state index in [1.165, 1.54) is 18.3 Å². The first-order valence-corrected chi connectivity index (χ1v) is 11.3. The SMILES string of the molecule is Nc1nc2ncc(CN(NCCS)c3ccc(C(=O)N[C@@H](CCC(=O)O)C(=O)O)cc3)nc2c(=O)[nH]1. The minimum Gasteiger partial charge on any atom is -0.481 e. The molecule has 1 atom stereocenters. The first-order chi connectivity index (χ1) is 17.2. The first-order valence-electron chi connectivity index (χ1n) is 10.7. The van der Waals surface area contributed by atoms with Gasteiger partial charge in [0, 0.05) is 24.3 Å². The standard InChI is InChI=1S/C21H24N8O6S/c22-21-27-17-16(19(33)28-21)25-12(9-23-17)10-29(24-7-8-36)13-3-1-11(2-4-13)18(32)26-14(20(34)35)5-6-15(30)31/h1-4,9,14,24,36H,5-8,10H2,(H,26,32)(H,30,31)(H,34,35)(H3,22,23,27,28,33)/t14-/m0/s1. The zero-order chi connectivity index (χ0) is 26.2. The third kappa shape index (κ3) is 6.89. The molecular weight excluding hydrogens is 492 g/mol. The number of hydrogen-bond acceptors (Lipinski definition) is 11. The van der Waals surface area contributed by atoms with Crippen molar-refractivity contribution in [1.82, 2.24) is 30.7 Å². The van der Waals surface area contributed by atoms with Gasteiger partial charge in [-0.2, -0.15) is 17.6 Å². The van der Waals surface area contributed by atoms with Crippen molar-refractivity contribution in [2.75, 3.05) is 23.0 Å². The highest BCUT2D eigenvalue weighted by Gasteiger charge is 2.22. The molecule has 1 amide bonds. The van der Waals surface area contributed by atoms with Crippen molar-refractivity contribution in [3.63, 3.8) is 0 Å². The van der Waals surface area contributed by atoms with Crippen LogP contribution in [-0.2, 0) is 16.1 Å². The average Bonchev–Trinajstić information content (AvgIpc) is 2.84. The quantitative estimate of drug-likeness (QED) is 0.123. The molecule has 0 saturated heterocycles. The molecule has 190 valence electrons. The minimum atomic E-state index is -1.33. The number of aromatic amines is 1. The molecule has 3 aromatic rings. The van der Waals surface area contributed by atoms with E-state index < -0.39 is 35.9 Å². The van der Waals surface area contributed by atoms with Crippen molar-refractivity contribution in [2.24, 2.45) is 0 Å². The van der Waals surface area contributed by atoms with Crippen LogP contribution in [0.15, 0.2) is 35.3 Å². The highest BCUT2D eigenvalue weighted by molar-refractivity contribution is 7.80. The molecule has 2 heterocycles. The van der Waals surface area contributed by atoms with Crippen LogP contribution >= 0.6 is 12.6 Å². The highest BCUT2D eigenvalue weighted by Crippen LogP contribution is 2.17. The van der Waals surface area contributed by atoms with Gasteiger partial charge in [0.25, 0.3) is 11.5 Å². The lowest BCUT2D eigenvalue weighted by molar-refractivity contribution is -0.140. The summed E-state index contributed by atoms with van der Waals surface area (Å²) in [6.07, 6.45) is 0.831. The second-order valence-electron chi connectivity index (χ2n) is 7.55. The number of nitrogens with zero attached hydrogens (tertiary/aromatic N) is 4. The minimum absolute atomic E-state index is 0.0405. The smallest absolute Gasteiger partial charge is 0.326 e. The predicted molar refractivity (Wildman–Crippen MR) is 133 cm³/mol. The summed E-state index contributed by atoms with van der Waals surface area (Å²) < 4.78 is 0. The van der Waals surface area contributed by atoms with Crippen molar-refractivity contribution in [1.29, 1.82) is 0 Å². The number of hydrazine groups is 1. The molecule has 7 N–H and O–H groups in total. The number of carbonyl (C=O) groups is 3. The fraction of sp³-hybridized carbons (Fsp3) is 0.286. The van der Waals surface area contributed by atoms with Crippen LogP contribution in [0.25, 0.3) is 11.2 Å². The summed E-state index contributed by atoms with van der Waals surface area (Å²) >= 11 is 4.21. The van der Waals surface area contributed by atoms with Crippen LogP contribution in [0.1, 0.15) is 28.9 Å². The number of rotatable bonds is 12. The summed E-state index contributed by atoms with van der Waals surface area (Å²) in [5.74, 6) is -2.67. The molecule has 0 aliphatic rings. The number of aromatic nitrogens is 4. The lowest BCUT2D eigenvalue weighted by Crippen LogP contribution is -2.41. The van der Waals surface area contributed by atoms with Gasteiger partial charge < -0.3 is 26.3 Å². The Bertz CT molecular complexity index is 1320. The number of benzene rings is 1. The van der Waals surface area contributed by atoms with Crippen LogP contribution in [0.3, 0.4) is 0 Å². The third-order valence-corrected chi connectivity index (χ3v) is 5.14. The van der Waals surface area contributed by atoms with E-state index in [4.69, 9.17) is 10.8 Å². The number of hydrogen-bond donors (Lipinski definition) is 7. The van der Waals surface area contributed by atoms with Gasteiger partial charge in [-0.1, -0.05) is 0 Å². The predicted octanol–water partition coefficient (Wildman–Crippen LogP) is -0.216. The zero-order valence-electron chi connectivity index (χ0n) is 18.8. The van der Waals surface area contributed by atoms with E-state index in [0.717, 1.165) is 0 Å². The number of thiol groups is 1. The number of nitrogens with one attached hydrogen (secondary N) is 3. The number of H-pyrrole nitrogens is 1. The van der Waals surface area contributed by atoms with E-state index in [0.29, 0.717) is 23.7 Å². The third-order valence-electron chi connectivity index (χ3n) is 4.91. The molecule has 0 bridgehead atoms. The van der Waals surface area contributed by atoms with Crippen LogP contribution in [-0.4, -0.2) is 66.3 Å². The molecule has 1 aromatic carbocycles. The Morgan fingerprint density at radius 2 is 1.89 bits per heavy atom. The molecule has 0 radical (unpaired) electrons. The highest BCUT2D eigenvalue weighted by atomic mass is 32.1. The number of amides is 1. The van der Waals surface area contributed by atoms with Crippen LogP contribution in [0.5, 0.6) is 0 Å². The molecule has 36 heavy (non-hydrogen) atoms. The molecule has 0 unspecified atom stereocenters. The Morgan fingerprint density at radius 1 is 1.17 bits per heavy atom. The van der Waals surface area contributed by atoms with E-state index in [1.807, 2.05) is 0 Å². The van der Waals surface area contributed by atoms with Crippen LogP contribution in [0.2, 0.25) is 0 Å². The van der Waals surface area contributed by atoms with Gasteiger partial charge in [0.05, 0.1) is 24.1 Å².